The number of amides is 2. The largest absolute Gasteiger partial charge is 0.326 e. The lowest BCUT2D eigenvalue weighted by atomic mass is 10.1. The topological polar surface area (TPSA) is 58.2 Å². The molecule has 2 N–H and O–H groups in total. The van der Waals surface area contributed by atoms with Crippen LogP contribution in [0, 0.1) is 12.8 Å². The molecule has 1 aliphatic carbocycles. The predicted octanol–water partition coefficient (Wildman–Crippen LogP) is 3.09. The van der Waals surface area contributed by atoms with Crippen molar-refractivity contribution in [3.63, 3.8) is 0 Å². The Morgan fingerprint density at radius 2 is 1.95 bits per heavy atom. The third kappa shape index (κ3) is 3.39. The fourth-order valence-corrected chi connectivity index (χ4v) is 2.26. The van der Waals surface area contributed by atoms with Crippen molar-refractivity contribution in [1.29, 1.82) is 0 Å². The van der Waals surface area contributed by atoms with E-state index in [4.69, 9.17) is 23.2 Å². The lowest BCUT2D eigenvalue weighted by Gasteiger charge is -2.10. The fraction of sp³-hybridized carbons (Fsp3) is 0.385. The van der Waals surface area contributed by atoms with Gasteiger partial charge in [0.05, 0.1) is 5.92 Å². The Bertz CT molecular complexity index is 543. The van der Waals surface area contributed by atoms with Crippen LogP contribution in [0.5, 0.6) is 0 Å². The van der Waals surface area contributed by atoms with Gasteiger partial charge < -0.3 is 10.6 Å². The summed E-state index contributed by atoms with van der Waals surface area (Å²) in [7, 11) is 0. The minimum Gasteiger partial charge on any atom is -0.326 e. The summed E-state index contributed by atoms with van der Waals surface area (Å²) >= 11 is 11.7. The quantitative estimate of drug-likeness (QED) is 0.843. The Morgan fingerprint density at radius 3 is 2.47 bits per heavy atom. The highest BCUT2D eigenvalue weighted by Gasteiger charge is 2.56. The lowest BCUT2D eigenvalue weighted by Crippen LogP contribution is -2.17. The first-order valence-corrected chi connectivity index (χ1v) is 6.62. The first kappa shape index (κ1) is 14.2. The number of carbonyl (C=O) groups excluding carboxylic acids is 2. The first-order chi connectivity index (χ1) is 8.79. The molecule has 1 aromatic carbocycles. The molecule has 0 radical (unpaired) electrons. The van der Waals surface area contributed by atoms with E-state index in [-0.39, 0.29) is 17.7 Å². The van der Waals surface area contributed by atoms with Crippen LogP contribution in [-0.4, -0.2) is 16.1 Å². The van der Waals surface area contributed by atoms with Crippen molar-refractivity contribution < 1.29 is 9.59 Å². The average Bonchev–Trinajstić information content (AvgIpc) is 2.92. The van der Waals surface area contributed by atoms with Gasteiger partial charge in [0.2, 0.25) is 11.8 Å². The van der Waals surface area contributed by atoms with E-state index in [0.29, 0.717) is 17.8 Å². The third-order valence-electron chi connectivity index (χ3n) is 2.96. The summed E-state index contributed by atoms with van der Waals surface area (Å²) in [5, 5.41) is 5.45. The molecule has 102 valence electrons. The first-order valence-electron chi connectivity index (χ1n) is 5.86. The van der Waals surface area contributed by atoms with Crippen LogP contribution in [0.4, 0.5) is 11.4 Å². The van der Waals surface area contributed by atoms with Gasteiger partial charge in [-0.3, -0.25) is 9.59 Å². The number of hydrogen-bond acceptors (Lipinski definition) is 2. The second kappa shape index (κ2) is 5.02. The molecule has 1 aromatic rings. The minimum atomic E-state index is -0.935. The molecule has 1 fully saturated rings. The Balaban J connectivity index is 2.09. The second-order valence-electron chi connectivity index (χ2n) is 4.72. The maximum Gasteiger partial charge on any atom is 0.230 e. The smallest absolute Gasteiger partial charge is 0.230 e. The molecule has 1 atom stereocenters. The molecule has 2 rings (SSSR count). The van der Waals surface area contributed by atoms with Crippen molar-refractivity contribution >= 4 is 46.4 Å². The summed E-state index contributed by atoms with van der Waals surface area (Å²) in [5.41, 5.74) is 2.20. The zero-order valence-electron chi connectivity index (χ0n) is 10.6. The molecule has 0 spiro atoms. The Labute approximate surface area is 121 Å². The number of benzene rings is 1. The molecule has 2 amide bonds. The second-order valence-corrected chi connectivity index (χ2v) is 6.26. The number of hydrogen-bond donors (Lipinski definition) is 2. The molecule has 6 heteroatoms. The van der Waals surface area contributed by atoms with Gasteiger partial charge in [0, 0.05) is 18.3 Å². The van der Waals surface area contributed by atoms with Gasteiger partial charge in [0.15, 0.2) is 0 Å². The van der Waals surface area contributed by atoms with Gasteiger partial charge >= 0.3 is 0 Å². The van der Waals surface area contributed by atoms with Gasteiger partial charge in [-0.2, -0.15) is 0 Å². The maximum absolute atomic E-state index is 11.8. The minimum absolute atomic E-state index is 0.158. The highest BCUT2D eigenvalue weighted by molar-refractivity contribution is 6.52. The monoisotopic (exact) mass is 300 g/mol. The molecule has 1 unspecified atom stereocenters. The van der Waals surface area contributed by atoms with Crippen molar-refractivity contribution in [3.8, 4) is 0 Å². The van der Waals surface area contributed by atoms with Crippen LogP contribution in [0.25, 0.3) is 0 Å². The standard InChI is InChI=1S/C13H14Cl2N2O2/c1-7-3-4-9(5-11(7)16-8(2)18)17-12(19)10-6-13(10,14)15/h3-5,10H,6H2,1-2H3,(H,16,18)(H,17,19). The van der Waals surface area contributed by atoms with Crippen molar-refractivity contribution in [2.24, 2.45) is 5.92 Å². The Kier molecular flexibility index (Phi) is 3.74. The molecule has 1 aliphatic rings. The Morgan fingerprint density at radius 1 is 1.32 bits per heavy atom. The molecule has 1 saturated carbocycles. The SMILES string of the molecule is CC(=O)Nc1cc(NC(=O)C2CC2(Cl)Cl)ccc1C. The van der Waals surface area contributed by atoms with E-state index < -0.39 is 4.33 Å². The van der Waals surface area contributed by atoms with Gasteiger partial charge in [0.1, 0.15) is 4.33 Å². The summed E-state index contributed by atoms with van der Waals surface area (Å²) in [6.45, 7) is 3.31. The molecule has 0 bridgehead atoms. The molecule has 19 heavy (non-hydrogen) atoms. The zero-order chi connectivity index (χ0) is 14.2. The number of halogens is 2. The van der Waals surface area contributed by atoms with E-state index in [1.807, 2.05) is 13.0 Å². The van der Waals surface area contributed by atoms with E-state index in [2.05, 4.69) is 10.6 Å². The fourth-order valence-electron chi connectivity index (χ4n) is 1.75. The molecule has 0 saturated heterocycles. The number of alkyl halides is 2. The lowest BCUT2D eigenvalue weighted by molar-refractivity contribution is -0.117. The molecule has 0 aromatic heterocycles. The molecular formula is C13H14Cl2N2O2. The van der Waals surface area contributed by atoms with Crippen molar-refractivity contribution in [3.05, 3.63) is 23.8 Å². The van der Waals surface area contributed by atoms with E-state index in [9.17, 15) is 9.59 Å². The zero-order valence-corrected chi connectivity index (χ0v) is 12.1. The van der Waals surface area contributed by atoms with Crippen LogP contribution in [0.3, 0.4) is 0 Å². The number of nitrogens with one attached hydrogen (secondary N) is 2. The van der Waals surface area contributed by atoms with Gasteiger partial charge in [-0.1, -0.05) is 6.07 Å². The van der Waals surface area contributed by atoms with E-state index in [1.54, 1.807) is 12.1 Å². The van der Waals surface area contributed by atoms with Gasteiger partial charge in [-0.05, 0) is 31.0 Å². The number of carbonyl (C=O) groups is 2. The summed E-state index contributed by atoms with van der Waals surface area (Å²) in [4.78, 5) is 22.9. The van der Waals surface area contributed by atoms with Gasteiger partial charge in [-0.25, -0.2) is 0 Å². The maximum atomic E-state index is 11.8. The number of aryl methyl sites for hydroxylation is 1. The van der Waals surface area contributed by atoms with Crippen LogP contribution in [0.15, 0.2) is 18.2 Å². The highest BCUT2D eigenvalue weighted by Crippen LogP contribution is 2.53. The molecule has 4 nitrogen and oxygen atoms in total. The van der Waals surface area contributed by atoms with Crippen LogP contribution >= 0.6 is 23.2 Å². The van der Waals surface area contributed by atoms with Crippen molar-refractivity contribution in [2.75, 3.05) is 10.6 Å². The average molecular weight is 301 g/mol. The summed E-state index contributed by atoms with van der Waals surface area (Å²) in [5.74, 6) is -0.738. The summed E-state index contributed by atoms with van der Waals surface area (Å²) < 4.78 is -0.935. The number of anilines is 2. The van der Waals surface area contributed by atoms with Gasteiger partial charge in [0.25, 0.3) is 0 Å². The third-order valence-corrected chi connectivity index (χ3v) is 3.79. The van der Waals surface area contributed by atoms with Crippen molar-refractivity contribution in [1.82, 2.24) is 0 Å². The predicted molar refractivity (Wildman–Crippen MR) is 76.7 cm³/mol. The molecular weight excluding hydrogens is 287 g/mol. The van der Waals surface area contributed by atoms with E-state index >= 15 is 0 Å². The summed E-state index contributed by atoms with van der Waals surface area (Å²) in [6.07, 6.45) is 0.465. The van der Waals surface area contributed by atoms with Crippen LogP contribution in [-0.2, 0) is 9.59 Å². The van der Waals surface area contributed by atoms with Crippen LogP contribution in [0.1, 0.15) is 18.9 Å². The summed E-state index contributed by atoms with van der Waals surface area (Å²) in [6, 6.07) is 5.30. The Hall–Kier alpha value is -1.26. The molecule has 0 heterocycles. The van der Waals surface area contributed by atoms with E-state index in [1.165, 1.54) is 6.92 Å². The van der Waals surface area contributed by atoms with E-state index in [0.717, 1.165) is 5.56 Å². The normalized spacial score (nSPS) is 19.7. The van der Waals surface area contributed by atoms with Gasteiger partial charge in [-0.15, -0.1) is 23.2 Å². The number of rotatable bonds is 3. The highest BCUT2D eigenvalue weighted by atomic mass is 35.5. The van der Waals surface area contributed by atoms with Crippen LogP contribution in [0.2, 0.25) is 0 Å². The van der Waals surface area contributed by atoms with Crippen molar-refractivity contribution in [2.45, 2.75) is 24.6 Å². The van der Waals surface area contributed by atoms with Crippen LogP contribution < -0.4 is 10.6 Å². The molecule has 0 aliphatic heterocycles.